The predicted octanol–water partition coefficient (Wildman–Crippen LogP) is 2.15. The smallest absolute Gasteiger partial charge is 0.257 e. The van der Waals surface area contributed by atoms with Crippen molar-refractivity contribution >= 4 is 30.7 Å². The van der Waals surface area contributed by atoms with E-state index in [9.17, 15) is 4.79 Å². The van der Waals surface area contributed by atoms with E-state index >= 15 is 0 Å². The van der Waals surface area contributed by atoms with Gasteiger partial charge in [-0.2, -0.15) is 0 Å². The van der Waals surface area contributed by atoms with Crippen LogP contribution in [0.3, 0.4) is 0 Å². The Kier molecular flexibility index (Phi) is 11.0. The average molecular weight is 378 g/mol. The van der Waals surface area contributed by atoms with Crippen molar-refractivity contribution in [1.82, 2.24) is 15.1 Å². The molecule has 1 amide bonds. The largest absolute Gasteiger partial charge is 0.491 e. The Morgan fingerprint density at radius 2 is 2.04 bits per heavy atom. The molecule has 5 nitrogen and oxygen atoms in total. The van der Waals surface area contributed by atoms with Crippen molar-refractivity contribution in [3.05, 3.63) is 29.8 Å². The van der Waals surface area contributed by atoms with Gasteiger partial charge < -0.3 is 19.9 Å². The Morgan fingerprint density at radius 1 is 1.33 bits per heavy atom. The van der Waals surface area contributed by atoms with E-state index in [0.29, 0.717) is 23.8 Å². The lowest BCUT2D eigenvalue weighted by atomic mass is 10.1. The van der Waals surface area contributed by atoms with E-state index < -0.39 is 0 Å². The van der Waals surface area contributed by atoms with E-state index in [1.807, 2.05) is 50.3 Å². The predicted molar refractivity (Wildman–Crippen MR) is 103 cm³/mol. The first-order valence-electron chi connectivity index (χ1n) is 7.92. The third-order valence-electron chi connectivity index (χ3n) is 3.98. The van der Waals surface area contributed by atoms with Gasteiger partial charge in [0.2, 0.25) is 0 Å². The maximum Gasteiger partial charge on any atom is 0.257 e. The van der Waals surface area contributed by atoms with Crippen molar-refractivity contribution in [3.8, 4) is 5.75 Å². The standard InChI is InChI=1S/C17H27N3O2.2ClH/c1-18-12-14-8-9-20(13-14)17(21)15-6-4-5-7-16(15)22-11-10-19(2)3;;/h4-7,14,18H,8-13H2,1-3H3;2*1H. The summed E-state index contributed by atoms with van der Waals surface area (Å²) >= 11 is 0. The van der Waals surface area contributed by atoms with Crippen molar-refractivity contribution in [2.45, 2.75) is 6.42 Å². The lowest BCUT2D eigenvalue weighted by Crippen LogP contribution is -2.30. The number of nitrogens with one attached hydrogen (secondary N) is 1. The third-order valence-corrected chi connectivity index (χ3v) is 3.98. The van der Waals surface area contributed by atoms with Gasteiger partial charge >= 0.3 is 0 Å². The molecule has 1 aromatic carbocycles. The van der Waals surface area contributed by atoms with Crippen LogP contribution >= 0.6 is 24.8 Å². The Morgan fingerprint density at radius 3 is 2.71 bits per heavy atom. The molecule has 0 spiro atoms. The van der Waals surface area contributed by atoms with E-state index in [0.717, 1.165) is 32.6 Å². The number of carbonyl (C=O) groups excluding carboxylic acids is 1. The number of carbonyl (C=O) groups is 1. The molecular formula is C17H29Cl2N3O2. The van der Waals surface area contributed by atoms with E-state index in [1.54, 1.807) is 0 Å². The Balaban J connectivity index is 0.00000264. The van der Waals surface area contributed by atoms with Crippen molar-refractivity contribution in [1.29, 1.82) is 0 Å². The summed E-state index contributed by atoms with van der Waals surface area (Å²) in [6.45, 7) is 4.03. The second-order valence-corrected chi connectivity index (χ2v) is 6.11. The van der Waals surface area contributed by atoms with Gasteiger partial charge in [0.1, 0.15) is 12.4 Å². The van der Waals surface area contributed by atoms with Crippen molar-refractivity contribution in [2.24, 2.45) is 5.92 Å². The summed E-state index contributed by atoms with van der Waals surface area (Å²) in [5.41, 5.74) is 0.673. The molecule has 1 aliphatic heterocycles. The summed E-state index contributed by atoms with van der Waals surface area (Å²) in [4.78, 5) is 16.7. The van der Waals surface area contributed by atoms with Gasteiger partial charge in [-0.3, -0.25) is 4.79 Å². The Bertz CT molecular complexity index is 500. The van der Waals surface area contributed by atoms with Crippen LogP contribution < -0.4 is 10.1 Å². The van der Waals surface area contributed by atoms with Crippen LogP contribution in [-0.2, 0) is 0 Å². The molecule has 1 N–H and O–H groups in total. The van der Waals surface area contributed by atoms with Crippen molar-refractivity contribution < 1.29 is 9.53 Å². The van der Waals surface area contributed by atoms with Crippen LogP contribution in [0.1, 0.15) is 16.8 Å². The van der Waals surface area contributed by atoms with Gasteiger partial charge in [0.15, 0.2) is 0 Å². The van der Waals surface area contributed by atoms with Crippen LogP contribution in [0.5, 0.6) is 5.75 Å². The van der Waals surface area contributed by atoms with Gasteiger partial charge in [-0.25, -0.2) is 0 Å². The lowest BCUT2D eigenvalue weighted by Gasteiger charge is -2.19. The highest BCUT2D eigenvalue weighted by Crippen LogP contribution is 2.23. The van der Waals surface area contributed by atoms with Crippen LogP contribution in [0.4, 0.5) is 0 Å². The molecule has 0 radical (unpaired) electrons. The maximum absolute atomic E-state index is 12.7. The first-order valence-corrected chi connectivity index (χ1v) is 7.92. The number of para-hydroxylation sites is 1. The summed E-state index contributed by atoms with van der Waals surface area (Å²) in [6.07, 6.45) is 1.07. The minimum absolute atomic E-state index is 0. The number of halogens is 2. The van der Waals surface area contributed by atoms with Gasteiger partial charge in [0.25, 0.3) is 5.91 Å². The highest BCUT2D eigenvalue weighted by Gasteiger charge is 2.27. The highest BCUT2D eigenvalue weighted by molar-refractivity contribution is 5.97. The van der Waals surface area contributed by atoms with Crippen molar-refractivity contribution in [2.75, 3.05) is 53.9 Å². The topological polar surface area (TPSA) is 44.8 Å². The first kappa shape index (κ1) is 23.0. The fraction of sp³-hybridized carbons (Fsp3) is 0.588. The molecule has 1 saturated heterocycles. The fourth-order valence-corrected chi connectivity index (χ4v) is 2.75. The van der Waals surface area contributed by atoms with E-state index in [1.165, 1.54) is 0 Å². The van der Waals surface area contributed by atoms with Crippen LogP contribution in [-0.4, -0.2) is 69.6 Å². The summed E-state index contributed by atoms with van der Waals surface area (Å²) in [5, 5.41) is 3.19. The lowest BCUT2D eigenvalue weighted by molar-refractivity contribution is 0.0782. The molecule has 0 aromatic heterocycles. The normalized spacial score (nSPS) is 16.5. The third kappa shape index (κ3) is 6.48. The number of nitrogens with zero attached hydrogens (tertiary/aromatic N) is 2. The molecule has 1 aromatic rings. The molecule has 7 heteroatoms. The van der Waals surface area contributed by atoms with Gasteiger partial charge in [0, 0.05) is 19.6 Å². The zero-order chi connectivity index (χ0) is 15.9. The summed E-state index contributed by atoms with van der Waals surface area (Å²) in [7, 11) is 5.97. The number of rotatable bonds is 7. The first-order chi connectivity index (χ1) is 10.6. The fourth-order valence-electron chi connectivity index (χ4n) is 2.75. The second kappa shape index (κ2) is 11.5. The molecule has 2 rings (SSSR count). The molecule has 0 saturated carbocycles. The van der Waals surface area contributed by atoms with Crippen molar-refractivity contribution in [3.63, 3.8) is 0 Å². The molecule has 1 unspecified atom stereocenters. The van der Waals surface area contributed by atoms with Crippen LogP contribution in [0.25, 0.3) is 0 Å². The maximum atomic E-state index is 12.7. The Hall–Kier alpha value is -1.01. The average Bonchev–Trinajstić information content (AvgIpc) is 2.96. The zero-order valence-electron chi connectivity index (χ0n) is 14.7. The number of hydrogen-bond acceptors (Lipinski definition) is 4. The molecule has 1 heterocycles. The van der Waals surface area contributed by atoms with Gasteiger partial charge in [-0.15, -0.1) is 24.8 Å². The number of benzene rings is 1. The minimum atomic E-state index is 0. The molecule has 0 aliphatic carbocycles. The molecule has 1 aliphatic rings. The van der Waals surface area contributed by atoms with Crippen LogP contribution in [0.2, 0.25) is 0 Å². The second-order valence-electron chi connectivity index (χ2n) is 6.11. The number of hydrogen-bond donors (Lipinski definition) is 1. The minimum Gasteiger partial charge on any atom is -0.491 e. The summed E-state index contributed by atoms with van der Waals surface area (Å²) in [6, 6.07) is 7.55. The zero-order valence-corrected chi connectivity index (χ0v) is 16.3. The van der Waals surface area contributed by atoms with Gasteiger partial charge in [-0.1, -0.05) is 12.1 Å². The van der Waals surface area contributed by atoms with E-state index in [4.69, 9.17) is 4.74 Å². The summed E-state index contributed by atoms with van der Waals surface area (Å²) in [5.74, 6) is 1.32. The van der Waals surface area contributed by atoms with E-state index in [2.05, 4.69) is 10.2 Å². The SMILES string of the molecule is CNCC1CCN(C(=O)c2ccccc2OCCN(C)C)C1.Cl.Cl. The number of amides is 1. The molecule has 24 heavy (non-hydrogen) atoms. The number of ether oxygens (including phenoxy) is 1. The van der Waals surface area contributed by atoms with Crippen LogP contribution in [0, 0.1) is 5.92 Å². The molecule has 0 bridgehead atoms. The van der Waals surface area contributed by atoms with Gasteiger partial charge in [-0.05, 0) is 52.2 Å². The monoisotopic (exact) mass is 377 g/mol. The molecule has 1 atom stereocenters. The van der Waals surface area contributed by atoms with Crippen LogP contribution in [0.15, 0.2) is 24.3 Å². The van der Waals surface area contributed by atoms with Gasteiger partial charge in [0.05, 0.1) is 5.56 Å². The van der Waals surface area contributed by atoms with E-state index in [-0.39, 0.29) is 30.7 Å². The Labute approximate surface area is 157 Å². The summed E-state index contributed by atoms with van der Waals surface area (Å²) < 4.78 is 5.80. The molecular weight excluding hydrogens is 349 g/mol. The highest BCUT2D eigenvalue weighted by atomic mass is 35.5. The molecule has 138 valence electrons. The quantitative estimate of drug-likeness (QED) is 0.790. The molecule has 1 fully saturated rings. The number of likely N-dealkylation sites (N-methyl/N-ethyl adjacent to an activating group) is 1. The number of likely N-dealkylation sites (tertiary alicyclic amines) is 1.